The maximum atomic E-state index is 10.9. The molecule has 2 aliphatic rings. The van der Waals surface area contributed by atoms with Crippen molar-refractivity contribution in [1.82, 2.24) is 19.6 Å². The van der Waals surface area contributed by atoms with Gasteiger partial charge in [0.15, 0.2) is 10.8 Å². The molecule has 3 aromatic heterocycles. The first-order chi connectivity index (χ1) is 12.1. The van der Waals surface area contributed by atoms with Crippen molar-refractivity contribution in [2.75, 3.05) is 5.75 Å². The Balaban J connectivity index is 1.75. The molecule has 0 aliphatic heterocycles. The van der Waals surface area contributed by atoms with Crippen LogP contribution in [0.15, 0.2) is 5.16 Å². The van der Waals surface area contributed by atoms with Gasteiger partial charge in [-0.05, 0) is 43.6 Å². The number of aliphatic carboxylic acids is 1. The van der Waals surface area contributed by atoms with Crippen LogP contribution in [0.5, 0.6) is 0 Å². The van der Waals surface area contributed by atoms with Crippen molar-refractivity contribution in [2.45, 2.75) is 50.1 Å². The lowest BCUT2D eigenvalue weighted by atomic mass is 9.89. The second-order valence-corrected chi connectivity index (χ2v) is 9.10. The van der Waals surface area contributed by atoms with Crippen LogP contribution in [0, 0.1) is 5.92 Å². The number of carbonyl (C=O) groups is 1. The molecule has 1 atom stereocenters. The van der Waals surface area contributed by atoms with Crippen LogP contribution in [0.2, 0.25) is 0 Å². The van der Waals surface area contributed by atoms with E-state index in [4.69, 9.17) is 4.98 Å². The number of carboxylic acids is 1. The lowest BCUT2D eigenvalue weighted by Gasteiger charge is -2.17. The van der Waals surface area contributed by atoms with E-state index in [0.29, 0.717) is 17.0 Å². The second-order valence-electron chi connectivity index (χ2n) is 7.08. The summed E-state index contributed by atoms with van der Waals surface area (Å²) < 4.78 is 2.00. The van der Waals surface area contributed by atoms with Gasteiger partial charge < -0.3 is 9.90 Å². The Hall–Kier alpha value is -1.67. The van der Waals surface area contributed by atoms with Crippen molar-refractivity contribution in [3.63, 3.8) is 0 Å². The molecule has 25 heavy (non-hydrogen) atoms. The number of hydrogen-bond donors (Lipinski definition) is 0. The molecule has 0 unspecified atom stereocenters. The maximum absolute atomic E-state index is 10.9. The number of carboxylic acid groups (broad SMARTS) is 1. The van der Waals surface area contributed by atoms with Gasteiger partial charge in [0.2, 0.25) is 0 Å². The maximum Gasteiger partial charge on any atom is 0.197 e. The molecule has 5 rings (SSSR count). The van der Waals surface area contributed by atoms with Gasteiger partial charge in [0, 0.05) is 16.5 Å². The third-order valence-corrected chi connectivity index (χ3v) is 7.11. The molecule has 2 aliphatic carbocycles. The molecular formula is C17H17N4O2S2-. The summed E-state index contributed by atoms with van der Waals surface area (Å²) in [6, 6.07) is 0. The quantitative estimate of drug-likeness (QED) is 0.652. The summed E-state index contributed by atoms with van der Waals surface area (Å²) in [4.78, 5) is 18.3. The summed E-state index contributed by atoms with van der Waals surface area (Å²) in [6.07, 6.45) is 5.61. The number of aromatic nitrogens is 4. The predicted octanol–water partition coefficient (Wildman–Crippen LogP) is 2.18. The number of fused-ring (bicyclic) bond motifs is 5. The molecule has 0 N–H and O–H groups in total. The molecule has 3 aromatic rings. The molecule has 130 valence electrons. The SMILES string of the molecule is C[C@@H]1CCc2c(sc3nc(C4CC4)n4c(SCC(=O)[O-])nnc4c23)C1. The third kappa shape index (κ3) is 2.54. The van der Waals surface area contributed by atoms with Gasteiger partial charge in [0.05, 0.1) is 11.4 Å². The monoisotopic (exact) mass is 373 g/mol. The van der Waals surface area contributed by atoms with Crippen molar-refractivity contribution in [1.29, 1.82) is 0 Å². The zero-order valence-electron chi connectivity index (χ0n) is 13.8. The van der Waals surface area contributed by atoms with Gasteiger partial charge in [0.1, 0.15) is 10.7 Å². The van der Waals surface area contributed by atoms with Crippen LogP contribution in [-0.4, -0.2) is 31.3 Å². The smallest absolute Gasteiger partial charge is 0.197 e. The van der Waals surface area contributed by atoms with E-state index in [1.165, 1.54) is 16.9 Å². The first kappa shape index (κ1) is 15.6. The Morgan fingerprint density at radius 3 is 2.96 bits per heavy atom. The topological polar surface area (TPSA) is 83.2 Å². The van der Waals surface area contributed by atoms with Gasteiger partial charge in [-0.2, -0.15) is 0 Å². The Bertz CT molecular complexity index is 1010. The van der Waals surface area contributed by atoms with Crippen molar-refractivity contribution in [3.05, 3.63) is 16.3 Å². The normalized spacial score (nSPS) is 20.3. The van der Waals surface area contributed by atoms with E-state index in [-0.39, 0.29) is 5.75 Å². The minimum absolute atomic E-state index is 0.123. The molecule has 6 nitrogen and oxygen atoms in total. The second kappa shape index (κ2) is 5.67. The zero-order chi connectivity index (χ0) is 17.1. The van der Waals surface area contributed by atoms with Gasteiger partial charge in [-0.3, -0.25) is 4.40 Å². The van der Waals surface area contributed by atoms with Gasteiger partial charge >= 0.3 is 0 Å². The fraction of sp³-hybridized carbons (Fsp3) is 0.529. The summed E-state index contributed by atoms with van der Waals surface area (Å²) in [5, 5.41) is 21.3. The molecule has 0 spiro atoms. The lowest BCUT2D eigenvalue weighted by Crippen LogP contribution is -2.24. The summed E-state index contributed by atoms with van der Waals surface area (Å²) in [5.74, 6) is 0.919. The van der Waals surface area contributed by atoms with Crippen LogP contribution in [0.25, 0.3) is 15.9 Å². The molecule has 8 heteroatoms. The third-order valence-electron chi connectivity index (χ3n) is 5.06. The van der Waals surface area contributed by atoms with Crippen molar-refractivity contribution < 1.29 is 9.90 Å². The van der Waals surface area contributed by atoms with E-state index in [2.05, 4.69) is 17.1 Å². The summed E-state index contributed by atoms with van der Waals surface area (Å²) in [7, 11) is 0. The van der Waals surface area contributed by atoms with Crippen LogP contribution < -0.4 is 5.11 Å². The highest BCUT2D eigenvalue weighted by Gasteiger charge is 2.32. The molecule has 1 saturated carbocycles. The van der Waals surface area contributed by atoms with E-state index >= 15 is 0 Å². The molecule has 0 aromatic carbocycles. The first-order valence-corrected chi connectivity index (χ1v) is 10.4. The number of carbonyl (C=O) groups excluding carboxylic acids is 1. The largest absolute Gasteiger partial charge is 0.549 e. The Morgan fingerprint density at radius 1 is 1.36 bits per heavy atom. The zero-order valence-corrected chi connectivity index (χ0v) is 15.5. The van der Waals surface area contributed by atoms with Crippen molar-refractivity contribution in [2.24, 2.45) is 5.92 Å². The molecular weight excluding hydrogens is 356 g/mol. The lowest BCUT2D eigenvalue weighted by molar-refractivity contribution is -0.301. The minimum atomic E-state index is -1.09. The first-order valence-electron chi connectivity index (χ1n) is 8.63. The molecule has 1 fully saturated rings. The van der Waals surface area contributed by atoms with Crippen LogP contribution >= 0.6 is 23.1 Å². The van der Waals surface area contributed by atoms with Crippen LogP contribution in [0.3, 0.4) is 0 Å². The van der Waals surface area contributed by atoms with Gasteiger partial charge in [-0.25, -0.2) is 4.98 Å². The number of thiophene rings is 1. The standard InChI is InChI=1S/C17H18N4O2S2/c1-8-2-5-10-11(6-8)25-16-13(10)15-19-20-17(24-7-12(22)23)21(15)14(18-16)9-3-4-9/h8-9H,2-7H2,1H3,(H,22,23)/p-1/t8-/m1/s1. The number of aryl methyl sites for hydroxylation is 1. The van der Waals surface area contributed by atoms with Crippen LogP contribution in [0.4, 0.5) is 0 Å². The predicted molar refractivity (Wildman–Crippen MR) is 95.1 cm³/mol. The minimum Gasteiger partial charge on any atom is -0.549 e. The van der Waals surface area contributed by atoms with Gasteiger partial charge in [0.25, 0.3) is 0 Å². The van der Waals surface area contributed by atoms with Gasteiger partial charge in [-0.1, -0.05) is 18.7 Å². The summed E-state index contributed by atoms with van der Waals surface area (Å²) in [6.45, 7) is 2.30. The highest BCUT2D eigenvalue weighted by Crippen LogP contribution is 2.44. The number of hydrogen-bond acceptors (Lipinski definition) is 7. The van der Waals surface area contributed by atoms with Crippen molar-refractivity contribution in [3.8, 4) is 0 Å². The molecule has 0 bridgehead atoms. The molecule has 3 heterocycles. The van der Waals surface area contributed by atoms with E-state index in [0.717, 1.165) is 59.1 Å². The molecule has 0 saturated heterocycles. The Kier molecular flexibility index (Phi) is 3.53. The fourth-order valence-corrected chi connectivity index (χ4v) is 5.71. The van der Waals surface area contributed by atoms with Crippen LogP contribution in [0.1, 0.15) is 48.4 Å². The summed E-state index contributed by atoms with van der Waals surface area (Å²) >= 11 is 2.97. The van der Waals surface area contributed by atoms with E-state index < -0.39 is 5.97 Å². The van der Waals surface area contributed by atoms with Crippen molar-refractivity contribution >= 4 is 44.9 Å². The molecule has 0 radical (unpaired) electrons. The van der Waals surface area contributed by atoms with Gasteiger partial charge in [-0.15, -0.1) is 21.5 Å². The number of thioether (sulfide) groups is 1. The average Bonchev–Trinajstić information content (AvgIpc) is 3.23. The van der Waals surface area contributed by atoms with E-state index in [1.54, 1.807) is 11.3 Å². The van der Waals surface area contributed by atoms with Crippen LogP contribution in [-0.2, 0) is 17.6 Å². The fourth-order valence-electron chi connectivity index (χ4n) is 3.67. The number of nitrogens with zero attached hydrogens (tertiary/aromatic N) is 4. The Labute approximate surface area is 152 Å². The van der Waals surface area contributed by atoms with E-state index in [1.807, 2.05) is 4.40 Å². The van der Waals surface area contributed by atoms with E-state index in [9.17, 15) is 9.90 Å². The highest BCUT2D eigenvalue weighted by atomic mass is 32.2. The Morgan fingerprint density at radius 2 is 2.20 bits per heavy atom. The average molecular weight is 373 g/mol. The summed E-state index contributed by atoms with van der Waals surface area (Å²) in [5.41, 5.74) is 2.22. The number of rotatable bonds is 4. The highest BCUT2D eigenvalue weighted by molar-refractivity contribution is 7.99. The molecule has 0 amide bonds.